The van der Waals surface area contributed by atoms with Crippen molar-refractivity contribution in [2.75, 3.05) is 4.90 Å². The lowest BCUT2D eigenvalue weighted by atomic mass is 9.69. The van der Waals surface area contributed by atoms with E-state index in [1.165, 1.54) is 77.9 Å². The summed E-state index contributed by atoms with van der Waals surface area (Å²) < 4.78 is 6.93. The molecule has 0 aliphatic heterocycles. The van der Waals surface area contributed by atoms with Gasteiger partial charge in [-0.3, -0.25) is 0 Å². The van der Waals surface area contributed by atoms with Gasteiger partial charge in [-0.05, 0) is 115 Å². The van der Waals surface area contributed by atoms with Gasteiger partial charge in [0.2, 0.25) is 0 Å². The fourth-order valence-corrected chi connectivity index (χ4v) is 10.8. The van der Waals surface area contributed by atoms with Crippen LogP contribution in [0.15, 0.2) is 223 Å². The number of furan rings is 1. The Morgan fingerprint density at radius 3 is 1.69 bits per heavy atom. The predicted molar refractivity (Wildman–Crippen MR) is 251 cm³/mol. The summed E-state index contributed by atoms with van der Waals surface area (Å²) in [4.78, 5) is 2.41. The molecule has 1 heterocycles. The number of anilines is 3. The van der Waals surface area contributed by atoms with Crippen LogP contribution in [-0.2, 0) is 5.41 Å². The first-order valence-electron chi connectivity index (χ1n) is 21.1. The molecule has 9 aromatic carbocycles. The van der Waals surface area contributed by atoms with Gasteiger partial charge < -0.3 is 9.32 Å². The van der Waals surface area contributed by atoms with Crippen LogP contribution >= 0.6 is 0 Å². The number of benzene rings is 9. The van der Waals surface area contributed by atoms with Crippen molar-refractivity contribution in [3.8, 4) is 44.7 Å². The minimum Gasteiger partial charge on any atom is -0.456 e. The fourth-order valence-electron chi connectivity index (χ4n) is 10.8. The normalized spacial score (nSPS) is 14.9. The van der Waals surface area contributed by atoms with Crippen molar-refractivity contribution in [3.05, 3.63) is 257 Å². The summed E-state index contributed by atoms with van der Waals surface area (Å²) in [6.07, 6.45) is 2.34. The Hall–Kier alpha value is -7.94. The zero-order valence-corrected chi connectivity index (χ0v) is 33.2. The van der Waals surface area contributed by atoms with Gasteiger partial charge in [-0.25, -0.2) is 0 Å². The molecule has 0 fully saturated rings. The molecule has 10 aromatic rings. The molecule has 0 saturated carbocycles. The largest absolute Gasteiger partial charge is 0.456 e. The van der Waals surface area contributed by atoms with Gasteiger partial charge in [0.05, 0.1) is 11.1 Å². The number of hydrogen-bond acceptors (Lipinski definition) is 2. The lowest BCUT2D eigenvalue weighted by molar-refractivity contribution is 0.628. The molecule has 1 spiro atoms. The van der Waals surface area contributed by atoms with Crippen LogP contribution in [0.3, 0.4) is 0 Å². The number of nitrogens with zero attached hydrogens (tertiary/aromatic N) is 1. The SMILES string of the molecule is C(=C1c2ccccc2-c2ccccc21)c1ccc(-c2ccc3c(c2)C2(c4ccccc4-c4c(N(c5ccccc5)c5ccccc5)cccc42)c2c-3oc3ccccc23)cc1. The molecule has 13 rings (SSSR count). The Morgan fingerprint density at radius 2 is 0.984 bits per heavy atom. The van der Waals surface area contributed by atoms with E-state index in [1.807, 2.05) is 0 Å². The van der Waals surface area contributed by atoms with Crippen LogP contribution in [0.25, 0.3) is 67.3 Å². The number of para-hydroxylation sites is 3. The van der Waals surface area contributed by atoms with Crippen LogP contribution < -0.4 is 4.90 Å². The van der Waals surface area contributed by atoms with Gasteiger partial charge in [0.1, 0.15) is 11.3 Å². The van der Waals surface area contributed by atoms with E-state index in [1.54, 1.807) is 0 Å². The Balaban J connectivity index is 1.01. The molecule has 1 unspecified atom stereocenters. The molecule has 3 aliphatic carbocycles. The van der Waals surface area contributed by atoms with E-state index < -0.39 is 5.41 Å². The zero-order chi connectivity index (χ0) is 40.1. The highest BCUT2D eigenvalue weighted by Crippen LogP contribution is 2.66. The number of rotatable bonds is 5. The number of fused-ring (bicyclic) bond motifs is 15. The van der Waals surface area contributed by atoms with E-state index in [-0.39, 0.29) is 0 Å². The second kappa shape index (κ2) is 13.0. The zero-order valence-electron chi connectivity index (χ0n) is 33.2. The molecule has 0 amide bonds. The summed E-state index contributed by atoms with van der Waals surface area (Å²) in [5, 5.41) is 1.15. The van der Waals surface area contributed by atoms with Crippen LogP contribution in [0, 0.1) is 0 Å². The third-order valence-electron chi connectivity index (χ3n) is 13.2. The molecule has 0 bridgehead atoms. The smallest absolute Gasteiger partial charge is 0.140 e. The summed E-state index contributed by atoms with van der Waals surface area (Å²) in [5.41, 5.74) is 22.3. The molecule has 2 heteroatoms. The molecule has 61 heavy (non-hydrogen) atoms. The molecule has 1 atom stereocenters. The second-order valence-corrected chi connectivity index (χ2v) is 16.3. The maximum atomic E-state index is 6.93. The predicted octanol–water partition coefficient (Wildman–Crippen LogP) is 15.5. The first-order valence-corrected chi connectivity index (χ1v) is 21.1. The minimum absolute atomic E-state index is 0.609. The van der Waals surface area contributed by atoms with Crippen molar-refractivity contribution in [1.29, 1.82) is 0 Å². The summed E-state index contributed by atoms with van der Waals surface area (Å²) in [6.45, 7) is 0. The van der Waals surface area contributed by atoms with Gasteiger partial charge in [-0.2, -0.15) is 0 Å². The Bertz CT molecular complexity index is 3320. The average molecular weight is 776 g/mol. The highest BCUT2D eigenvalue weighted by Gasteiger charge is 2.55. The molecule has 0 N–H and O–H groups in total. The minimum atomic E-state index is -0.609. The van der Waals surface area contributed by atoms with E-state index in [0.29, 0.717) is 0 Å². The molecular formula is C59H37NO. The lowest BCUT2D eigenvalue weighted by Crippen LogP contribution is -2.26. The average Bonchev–Trinajstić information content (AvgIpc) is 4.04. The molecule has 3 aliphatic rings. The van der Waals surface area contributed by atoms with Crippen molar-refractivity contribution in [1.82, 2.24) is 0 Å². The third-order valence-corrected chi connectivity index (χ3v) is 13.2. The first kappa shape index (κ1) is 34.0. The van der Waals surface area contributed by atoms with Crippen molar-refractivity contribution in [3.63, 3.8) is 0 Å². The van der Waals surface area contributed by atoms with Crippen molar-refractivity contribution < 1.29 is 4.42 Å². The molecule has 0 saturated heterocycles. The van der Waals surface area contributed by atoms with E-state index in [2.05, 4.69) is 229 Å². The van der Waals surface area contributed by atoms with Crippen LogP contribution in [0.2, 0.25) is 0 Å². The maximum absolute atomic E-state index is 6.93. The molecule has 2 nitrogen and oxygen atoms in total. The molecule has 0 radical (unpaired) electrons. The van der Waals surface area contributed by atoms with Crippen LogP contribution in [0.4, 0.5) is 17.1 Å². The van der Waals surface area contributed by atoms with E-state index in [4.69, 9.17) is 4.42 Å². The second-order valence-electron chi connectivity index (χ2n) is 16.3. The van der Waals surface area contributed by atoms with Gasteiger partial charge in [0, 0.05) is 33.5 Å². The van der Waals surface area contributed by atoms with Crippen LogP contribution in [0.1, 0.15) is 38.9 Å². The molecular weight excluding hydrogens is 739 g/mol. The van der Waals surface area contributed by atoms with Crippen molar-refractivity contribution in [2.45, 2.75) is 5.41 Å². The standard InChI is InChI=1S/C59H37NO/c1-3-16-41(17-4-1)60(42-18-5-2-6-19-42)54-28-15-27-52-56(54)47-24-11-13-26-51(47)59(52)53-37-40(34-35-48(53)58-57(59)49-25-12-14-29-55(49)61-58)39-32-30-38(31-33-39)36-50-45-22-9-7-20-43(45)44-21-8-10-23-46(44)50/h1-37H. The van der Waals surface area contributed by atoms with Gasteiger partial charge in [-0.15, -0.1) is 0 Å². The highest BCUT2D eigenvalue weighted by molar-refractivity contribution is 6.07. The van der Waals surface area contributed by atoms with E-state index in [0.717, 1.165) is 39.4 Å². The summed E-state index contributed by atoms with van der Waals surface area (Å²) in [6, 6.07) is 79.6. The van der Waals surface area contributed by atoms with Gasteiger partial charge >= 0.3 is 0 Å². The quantitative estimate of drug-likeness (QED) is 0.173. The lowest BCUT2D eigenvalue weighted by Gasteiger charge is -2.31. The summed E-state index contributed by atoms with van der Waals surface area (Å²) >= 11 is 0. The Morgan fingerprint density at radius 1 is 0.410 bits per heavy atom. The van der Waals surface area contributed by atoms with Crippen molar-refractivity contribution >= 4 is 39.7 Å². The Labute approximate surface area is 355 Å². The van der Waals surface area contributed by atoms with E-state index >= 15 is 0 Å². The summed E-state index contributed by atoms with van der Waals surface area (Å²) in [7, 11) is 0. The topological polar surface area (TPSA) is 16.4 Å². The van der Waals surface area contributed by atoms with Gasteiger partial charge in [-0.1, -0.05) is 176 Å². The van der Waals surface area contributed by atoms with Crippen molar-refractivity contribution in [2.24, 2.45) is 0 Å². The van der Waals surface area contributed by atoms with Crippen LogP contribution in [-0.4, -0.2) is 0 Å². The van der Waals surface area contributed by atoms with Gasteiger partial charge in [0.25, 0.3) is 0 Å². The maximum Gasteiger partial charge on any atom is 0.140 e. The third kappa shape index (κ3) is 4.79. The summed E-state index contributed by atoms with van der Waals surface area (Å²) in [5.74, 6) is 0.956. The first-order chi connectivity index (χ1) is 30.3. The van der Waals surface area contributed by atoms with Gasteiger partial charge in [0.15, 0.2) is 0 Å². The van der Waals surface area contributed by atoms with E-state index in [9.17, 15) is 0 Å². The molecule has 1 aromatic heterocycles. The number of hydrogen-bond donors (Lipinski definition) is 0. The Kier molecular flexibility index (Phi) is 7.26. The highest BCUT2D eigenvalue weighted by atomic mass is 16.3. The van der Waals surface area contributed by atoms with Crippen LogP contribution in [0.5, 0.6) is 0 Å². The molecule has 284 valence electrons. The monoisotopic (exact) mass is 775 g/mol. The fraction of sp³-hybridized carbons (Fsp3) is 0.0169.